The van der Waals surface area contributed by atoms with Gasteiger partial charge in [0.1, 0.15) is 0 Å². The lowest BCUT2D eigenvalue weighted by molar-refractivity contribution is 0.481. The summed E-state index contributed by atoms with van der Waals surface area (Å²) in [6, 6.07) is 11.6. The summed E-state index contributed by atoms with van der Waals surface area (Å²) >= 11 is 0. The zero-order chi connectivity index (χ0) is 18.4. The molecule has 2 aromatic carbocycles. The summed E-state index contributed by atoms with van der Waals surface area (Å²) in [5.41, 5.74) is 1.62. The minimum atomic E-state index is -4.06. The van der Waals surface area contributed by atoms with Gasteiger partial charge in [0.15, 0.2) is 0 Å². The molecule has 0 fully saturated rings. The van der Waals surface area contributed by atoms with Gasteiger partial charge in [0, 0.05) is 0 Å². The van der Waals surface area contributed by atoms with E-state index in [1.165, 1.54) is 24.3 Å². The summed E-state index contributed by atoms with van der Waals surface area (Å²) in [5.74, 6) is 0. The molecular weight excluding hydrogens is 606 g/mol. The highest BCUT2D eigenvalue weighted by Gasteiger charge is 2.07. The van der Waals surface area contributed by atoms with E-state index in [0.717, 1.165) is 11.1 Å². The molecule has 6 nitrogen and oxygen atoms in total. The van der Waals surface area contributed by atoms with Gasteiger partial charge in [-0.1, -0.05) is 49.6 Å². The van der Waals surface area contributed by atoms with Crippen molar-refractivity contribution in [2.75, 3.05) is 0 Å². The van der Waals surface area contributed by atoms with Gasteiger partial charge in [-0.3, -0.25) is 9.11 Å². The zero-order valence-electron chi connectivity index (χ0n) is 13.3. The van der Waals surface area contributed by atoms with Gasteiger partial charge in [0.2, 0.25) is 0 Å². The highest BCUT2D eigenvalue weighted by atomic mass is 127. The Labute approximate surface area is 187 Å². The van der Waals surface area contributed by atoms with E-state index in [-0.39, 0.29) is 57.7 Å². The highest BCUT2D eigenvalue weighted by molar-refractivity contribution is 14.0. The molecule has 0 unspecified atom stereocenters. The van der Waals surface area contributed by atoms with Crippen molar-refractivity contribution in [2.45, 2.75) is 9.79 Å². The fraction of sp³-hybridized carbons (Fsp3) is 0. The summed E-state index contributed by atoms with van der Waals surface area (Å²) in [7, 11) is -8.12. The molecule has 0 aromatic heterocycles. The SMILES string of the molecule is C=Cc1ccc(S(=O)(=O)O)cc1.C=Cc1ccc(S(=O)(=O)O)cc1.I.I. The van der Waals surface area contributed by atoms with Crippen molar-refractivity contribution in [3.8, 4) is 0 Å². The van der Waals surface area contributed by atoms with E-state index in [1.54, 1.807) is 36.4 Å². The van der Waals surface area contributed by atoms with Crippen LogP contribution < -0.4 is 0 Å². The molecule has 0 aliphatic heterocycles. The molecule has 0 aliphatic rings. The van der Waals surface area contributed by atoms with E-state index in [0.29, 0.717) is 0 Å². The lowest BCUT2D eigenvalue weighted by atomic mass is 10.2. The maximum atomic E-state index is 10.6. The van der Waals surface area contributed by atoms with Crippen LogP contribution in [0.2, 0.25) is 0 Å². The molecule has 26 heavy (non-hydrogen) atoms. The third-order valence-electron chi connectivity index (χ3n) is 2.83. The van der Waals surface area contributed by atoms with Crippen LogP contribution in [-0.4, -0.2) is 25.9 Å². The van der Waals surface area contributed by atoms with Gasteiger partial charge in [-0.25, -0.2) is 0 Å². The fourth-order valence-corrected chi connectivity index (χ4v) is 2.51. The monoisotopic (exact) mass is 624 g/mol. The van der Waals surface area contributed by atoms with E-state index in [9.17, 15) is 16.8 Å². The normalized spacial score (nSPS) is 10.2. The summed E-state index contributed by atoms with van der Waals surface area (Å²) in [5, 5.41) is 0. The average molecular weight is 624 g/mol. The summed E-state index contributed by atoms with van der Waals surface area (Å²) in [6.45, 7) is 7.02. The van der Waals surface area contributed by atoms with Gasteiger partial charge >= 0.3 is 0 Å². The second kappa shape index (κ2) is 11.8. The Bertz CT molecular complexity index is 840. The Morgan fingerprint density at radius 3 is 1.00 bits per heavy atom. The van der Waals surface area contributed by atoms with Crippen LogP contribution in [0.3, 0.4) is 0 Å². The number of hydrogen-bond acceptors (Lipinski definition) is 4. The first-order valence-corrected chi connectivity index (χ1v) is 9.36. The Morgan fingerprint density at radius 2 is 0.846 bits per heavy atom. The van der Waals surface area contributed by atoms with Crippen molar-refractivity contribution in [3.63, 3.8) is 0 Å². The first-order valence-electron chi connectivity index (χ1n) is 6.48. The Morgan fingerprint density at radius 1 is 0.615 bits per heavy atom. The lowest BCUT2D eigenvalue weighted by Crippen LogP contribution is -1.96. The Hall–Kier alpha value is -0.800. The predicted octanol–water partition coefficient (Wildman–Crippen LogP) is 4.39. The zero-order valence-corrected chi connectivity index (χ0v) is 19.6. The first-order chi connectivity index (χ1) is 11.1. The van der Waals surface area contributed by atoms with E-state index in [2.05, 4.69) is 13.2 Å². The molecule has 0 radical (unpaired) electrons. The predicted molar refractivity (Wildman–Crippen MR) is 124 cm³/mol. The molecule has 0 saturated heterocycles. The van der Waals surface area contributed by atoms with Gasteiger partial charge in [-0.2, -0.15) is 16.8 Å². The number of rotatable bonds is 4. The minimum Gasteiger partial charge on any atom is -0.282 e. The van der Waals surface area contributed by atoms with Gasteiger partial charge < -0.3 is 0 Å². The van der Waals surface area contributed by atoms with E-state index < -0.39 is 20.2 Å². The molecule has 0 saturated carbocycles. The van der Waals surface area contributed by atoms with Gasteiger partial charge in [0.25, 0.3) is 20.2 Å². The van der Waals surface area contributed by atoms with Crippen LogP contribution in [0.15, 0.2) is 71.5 Å². The van der Waals surface area contributed by atoms with Crippen LogP contribution >= 0.6 is 48.0 Å². The van der Waals surface area contributed by atoms with Crippen LogP contribution in [0.1, 0.15) is 11.1 Å². The molecule has 0 aliphatic carbocycles. The van der Waals surface area contributed by atoms with Crippen LogP contribution in [0.4, 0.5) is 0 Å². The second-order valence-corrected chi connectivity index (χ2v) is 7.34. The number of halogens is 2. The van der Waals surface area contributed by atoms with Crippen LogP contribution in [0.25, 0.3) is 12.2 Å². The summed E-state index contributed by atoms with van der Waals surface area (Å²) < 4.78 is 59.4. The largest absolute Gasteiger partial charge is 0.294 e. The number of hydrogen-bond donors (Lipinski definition) is 2. The Balaban J connectivity index is 0. The van der Waals surface area contributed by atoms with Gasteiger partial charge in [0.05, 0.1) is 9.79 Å². The standard InChI is InChI=1S/2C8H8O3S.2HI/c2*1-2-7-3-5-8(6-4-7)12(9,10)11;;/h2*2-6H,1H2,(H,9,10,11);2*1H. The second-order valence-electron chi connectivity index (χ2n) is 4.50. The van der Waals surface area contributed by atoms with Gasteiger partial charge in [-0.15, -0.1) is 48.0 Å². The molecule has 0 atom stereocenters. The summed E-state index contributed by atoms with van der Waals surface area (Å²) in [4.78, 5) is -0.207. The van der Waals surface area contributed by atoms with Crippen molar-refractivity contribution < 1.29 is 25.9 Å². The summed E-state index contributed by atoms with van der Waals surface area (Å²) in [6.07, 6.45) is 3.18. The maximum absolute atomic E-state index is 10.6. The molecule has 0 heterocycles. The van der Waals surface area contributed by atoms with Crippen molar-refractivity contribution in [1.82, 2.24) is 0 Å². The van der Waals surface area contributed by atoms with Crippen molar-refractivity contribution in [2.24, 2.45) is 0 Å². The molecule has 2 N–H and O–H groups in total. The van der Waals surface area contributed by atoms with Crippen LogP contribution in [0.5, 0.6) is 0 Å². The molecule has 144 valence electrons. The van der Waals surface area contributed by atoms with Crippen molar-refractivity contribution >= 4 is 80.3 Å². The third kappa shape index (κ3) is 9.23. The third-order valence-corrected chi connectivity index (χ3v) is 4.56. The lowest BCUT2D eigenvalue weighted by Gasteiger charge is -1.96. The molecule has 2 rings (SSSR count). The molecule has 0 bridgehead atoms. The van der Waals surface area contributed by atoms with Crippen molar-refractivity contribution in [1.29, 1.82) is 0 Å². The quantitative estimate of drug-likeness (QED) is 0.386. The number of benzene rings is 2. The molecule has 0 amide bonds. The molecule has 0 spiro atoms. The van der Waals surface area contributed by atoms with E-state index in [1.807, 2.05) is 0 Å². The molecular formula is C16H18I2O6S2. The van der Waals surface area contributed by atoms with E-state index in [4.69, 9.17) is 9.11 Å². The average Bonchev–Trinajstić information content (AvgIpc) is 2.54. The van der Waals surface area contributed by atoms with E-state index >= 15 is 0 Å². The fourth-order valence-electron chi connectivity index (χ4n) is 1.55. The topological polar surface area (TPSA) is 109 Å². The smallest absolute Gasteiger partial charge is 0.282 e. The van der Waals surface area contributed by atoms with Gasteiger partial charge in [-0.05, 0) is 35.4 Å². The van der Waals surface area contributed by atoms with Crippen LogP contribution in [0, 0.1) is 0 Å². The maximum Gasteiger partial charge on any atom is 0.294 e. The van der Waals surface area contributed by atoms with Crippen LogP contribution in [-0.2, 0) is 20.2 Å². The molecule has 2 aromatic rings. The minimum absolute atomic E-state index is 0. The highest BCUT2D eigenvalue weighted by Crippen LogP contribution is 2.11. The first kappa shape index (κ1) is 27.4. The van der Waals surface area contributed by atoms with Crippen molar-refractivity contribution in [3.05, 3.63) is 72.8 Å². The Kier molecular flexibility index (Phi) is 12.5. The molecule has 10 heteroatoms.